The van der Waals surface area contributed by atoms with E-state index in [1.54, 1.807) is 0 Å². The summed E-state index contributed by atoms with van der Waals surface area (Å²) in [4.78, 5) is 0. The first-order valence-electron chi connectivity index (χ1n) is 5.92. The fourth-order valence-corrected chi connectivity index (χ4v) is 1.99. The number of hydrogen-bond acceptors (Lipinski definition) is 0. The largest absolute Gasteiger partial charge is 0.0649 e. The average molecular weight is 221 g/mol. The minimum absolute atomic E-state index is 0.832. The first-order chi connectivity index (χ1) is 8.33. The maximum absolute atomic E-state index is 4.00. The molecule has 2 aromatic carbocycles. The van der Waals surface area contributed by atoms with Crippen LogP contribution in [0.4, 0.5) is 0 Å². The van der Waals surface area contributed by atoms with E-state index in [1.807, 2.05) is 12.1 Å². The first-order valence-corrected chi connectivity index (χ1v) is 5.92. The second-order valence-electron chi connectivity index (χ2n) is 4.14. The Bertz CT molecular complexity index is 451. The van der Waals surface area contributed by atoms with Crippen LogP contribution < -0.4 is 0 Å². The Morgan fingerprint density at radius 3 is 1.59 bits per heavy atom. The van der Waals surface area contributed by atoms with E-state index < -0.39 is 0 Å². The first kappa shape index (κ1) is 11.7. The van der Waals surface area contributed by atoms with Gasteiger partial charge in [0, 0.05) is 0 Å². The van der Waals surface area contributed by atoms with Crippen molar-refractivity contribution in [1.82, 2.24) is 0 Å². The van der Waals surface area contributed by atoms with E-state index in [1.165, 1.54) is 22.3 Å². The van der Waals surface area contributed by atoms with Crippen molar-refractivity contribution in [3.63, 3.8) is 0 Å². The number of rotatable bonds is 3. The van der Waals surface area contributed by atoms with Gasteiger partial charge in [0.1, 0.15) is 0 Å². The van der Waals surface area contributed by atoms with Crippen molar-refractivity contribution < 1.29 is 0 Å². The van der Waals surface area contributed by atoms with Gasteiger partial charge in [-0.2, -0.15) is 0 Å². The van der Waals surface area contributed by atoms with Crippen molar-refractivity contribution in [3.8, 4) is 0 Å². The van der Waals surface area contributed by atoms with E-state index in [-0.39, 0.29) is 0 Å². The Morgan fingerprint density at radius 2 is 1.24 bits per heavy atom. The molecule has 1 radical (unpaired) electrons. The lowest BCUT2D eigenvalue weighted by Crippen LogP contribution is -1.91. The minimum Gasteiger partial charge on any atom is -0.0649 e. The van der Waals surface area contributed by atoms with E-state index >= 15 is 0 Å². The molecule has 0 N–H and O–H groups in total. The molecule has 0 amide bonds. The summed E-state index contributed by atoms with van der Waals surface area (Å²) in [6.45, 7) is 6.15. The molecule has 2 rings (SSSR count). The molecule has 17 heavy (non-hydrogen) atoms. The van der Waals surface area contributed by atoms with E-state index in [0.717, 1.165) is 6.42 Å². The Balaban J connectivity index is 2.56. The summed E-state index contributed by atoms with van der Waals surface area (Å²) in [5.41, 5.74) is 5.16. The van der Waals surface area contributed by atoms with Crippen LogP contribution in [0.15, 0.2) is 66.2 Å². The zero-order chi connectivity index (χ0) is 12.1. The van der Waals surface area contributed by atoms with Crippen molar-refractivity contribution in [2.75, 3.05) is 0 Å². The molecule has 2 aromatic rings. The Kier molecular flexibility index (Phi) is 3.77. The number of benzene rings is 2. The fourth-order valence-electron chi connectivity index (χ4n) is 1.99. The molecule has 0 bridgehead atoms. The van der Waals surface area contributed by atoms with Gasteiger partial charge in [-0.1, -0.05) is 66.2 Å². The molecule has 0 aliphatic heterocycles. The summed E-state index contributed by atoms with van der Waals surface area (Å²) in [7, 11) is 0. The third kappa shape index (κ3) is 2.65. The second kappa shape index (κ2) is 5.49. The Morgan fingerprint density at radius 1 is 0.824 bits per heavy atom. The predicted molar refractivity (Wildman–Crippen MR) is 74.6 cm³/mol. The summed E-state index contributed by atoms with van der Waals surface area (Å²) in [6.07, 6.45) is 0.832. The van der Waals surface area contributed by atoms with Gasteiger partial charge in [0.2, 0.25) is 0 Å². The van der Waals surface area contributed by atoms with Crippen LogP contribution in [0.3, 0.4) is 0 Å². The highest BCUT2D eigenvalue weighted by atomic mass is 14.1. The van der Waals surface area contributed by atoms with Gasteiger partial charge in [-0.15, -0.1) is 0 Å². The third-order valence-corrected chi connectivity index (χ3v) is 2.93. The topological polar surface area (TPSA) is 0 Å². The van der Waals surface area contributed by atoms with E-state index in [4.69, 9.17) is 0 Å². The maximum Gasteiger partial charge on any atom is -0.0122 e. The predicted octanol–water partition coefficient (Wildman–Crippen LogP) is 4.73. The van der Waals surface area contributed by atoms with Crippen molar-refractivity contribution in [2.45, 2.75) is 13.3 Å². The standard InChI is InChI=1S/C17H17/c1-3-14(2)17(15-10-6-4-7-11-15)16-12-8-5-9-13-16/h4-13H,1,3H2,2H3. The zero-order valence-electron chi connectivity index (χ0n) is 10.2. The molecule has 0 unspecified atom stereocenters. The number of allylic oxidation sites excluding steroid dienone is 1. The van der Waals surface area contributed by atoms with E-state index in [9.17, 15) is 0 Å². The maximum atomic E-state index is 4.00. The highest BCUT2D eigenvalue weighted by Gasteiger charge is 2.06. The third-order valence-electron chi connectivity index (χ3n) is 2.93. The Labute approximate surface area is 104 Å². The smallest absolute Gasteiger partial charge is 0.0122 e. The van der Waals surface area contributed by atoms with Gasteiger partial charge in [0.05, 0.1) is 0 Å². The average Bonchev–Trinajstić information content (AvgIpc) is 2.41. The SMILES string of the molecule is [CH2]CC(C)=C(c1ccccc1)c1ccccc1. The zero-order valence-corrected chi connectivity index (χ0v) is 10.2. The highest BCUT2D eigenvalue weighted by Crippen LogP contribution is 2.27. The lowest BCUT2D eigenvalue weighted by molar-refractivity contribution is 1.21. The summed E-state index contributed by atoms with van der Waals surface area (Å²) in [5.74, 6) is 0. The molecule has 0 fully saturated rings. The lowest BCUT2D eigenvalue weighted by atomic mass is 9.93. The van der Waals surface area contributed by atoms with Crippen LogP contribution in [0.25, 0.3) is 5.57 Å². The molecule has 0 aliphatic rings. The van der Waals surface area contributed by atoms with Crippen LogP contribution in [0.2, 0.25) is 0 Å². The van der Waals surface area contributed by atoms with Crippen molar-refractivity contribution >= 4 is 5.57 Å². The van der Waals surface area contributed by atoms with E-state index in [0.29, 0.717) is 0 Å². The Hall–Kier alpha value is -1.82. The minimum atomic E-state index is 0.832. The quantitative estimate of drug-likeness (QED) is 0.702. The summed E-state index contributed by atoms with van der Waals surface area (Å²) in [6, 6.07) is 21.0. The van der Waals surface area contributed by atoms with E-state index in [2.05, 4.69) is 62.4 Å². The second-order valence-corrected chi connectivity index (χ2v) is 4.14. The molecule has 0 nitrogen and oxygen atoms in total. The molecule has 0 heterocycles. The highest BCUT2D eigenvalue weighted by molar-refractivity contribution is 5.81. The molecule has 0 saturated heterocycles. The van der Waals surface area contributed by atoms with Gasteiger partial charge in [0.25, 0.3) is 0 Å². The van der Waals surface area contributed by atoms with Gasteiger partial charge in [-0.3, -0.25) is 0 Å². The monoisotopic (exact) mass is 221 g/mol. The fraction of sp³-hybridized carbons (Fsp3) is 0.118. The van der Waals surface area contributed by atoms with Crippen molar-refractivity contribution in [3.05, 3.63) is 84.3 Å². The van der Waals surface area contributed by atoms with Gasteiger partial charge in [-0.05, 0) is 37.0 Å². The van der Waals surface area contributed by atoms with Gasteiger partial charge in [-0.25, -0.2) is 0 Å². The van der Waals surface area contributed by atoms with Gasteiger partial charge < -0.3 is 0 Å². The molecule has 0 heteroatoms. The van der Waals surface area contributed by atoms with Crippen LogP contribution in [0.5, 0.6) is 0 Å². The van der Waals surface area contributed by atoms with Gasteiger partial charge >= 0.3 is 0 Å². The molecule has 0 atom stereocenters. The number of hydrogen-bond donors (Lipinski definition) is 0. The van der Waals surface area contributed by atoms with Crippen LogP contribution >= 0.6 is 0 Å². The molecule has 0 aliphatic carbocycles. The molecular formula is C17H17. The van der Waals surface area contributed by atoms with Crippen LogP contribution in [0.1, 0.15) is 24.5 Å². The summed E-state index contributed by atoms with van der Waals surface area (Å²) in [5, 5.41) is 0. The van der Waals surface area contributed by atoms with Crippen LogP contribution in [-0.2, 0) is 0 Å². The molecular weight excluding hydrogens is 204 g/mol. The van der Waals surface area contributed by atoms with Crippen LogP contribution in [-0.4, -0.2) is 0 Å². The van der Waals surface area contributed by atoms with Crippen LogP contribution in [0, 0.1) is 6.92 Å². The molecule has 0 aromatic heterocycles. The molecule has 0 saturated carbocycles. The van der Waals surface area contributed by atoms with Crippen molar-refractivity contribution in [1.29, 1.82) is 0 Å². The normalized spacial score (nSPS) is 10.0. The van der Waals surface area contributed by atoms with Gasteiger partial charge in [0.15, 0.2) is 0 Å². The van der Waals surface area contributed by atoms with Crippen molar-refractivity contribution in [2.24, 2.45) is 0 Å². The summed E-state index contributed by atoms with van der Waals surface area (Å²) >= 11 is 0. The lowest BCUT2D eigenvalue weighted by Gasteiger charge is -2.12. The summed E-state index contributed by atoms with van der Waals surface area (Å²) < 4.78 is 0. The molecule has 85 valence electrons. The molecule has 0 spiro atoms.